The first-order chi connectivity index (χ1) is 9.92. The zero-order chi connectivity index (χ0) is 15.5. The van der Waals surface area contributed by atoms with Crippen molar-refractivity contribution >= 4 is 37.3 Å². The van der Waals surface area contributed by atoms with Gasteiger partial charge in [-0.2, -0.15) is 5.10 Å². The average molecular weight is 375 g/mol. The van der Waals surface area contributed by atoms with E-state index in [1.807, 2.05) is 0 Å². The van der Waals surface area contributed by atoms with E-state index in [4.69, 9.17) is 10.5 Å². The Morgan fingerprint density at radius 2 is 2.24 bits per heavy atom. The van der Waals surface area contributed by atoms with Crippen molar-refractivity contribution in [3.05, 3.63) is 35.1 Å². The molecule has 0 fully saturated rings. The third-order valence-corrected chi connectivity index (χ3v) is 4.62. The van der Waals surface area contributed by atoms with Crippen molar-refractivity contribution in [3.63, 3.8) is 0 Å². The molecule has 21 heavy (non-hydrogen) atoms. The fourth-order valence-corrected chi connectivity index (χ4v) is 3.22. The molecule has 0 amide bonds. The highest BCUT2D eigenvalue weighted by molar-refractivity contribution is 9.10. The molecule has 0 bridgehead atoms. The van der Waals surface area contributed by atoms with Gasteiger partial charge < -0.3 is 10.5 Å². The summed E-state index contributed by atoms with van der Waals surface area (Å²) < 4.78 is 34.3. The number of nitrogens with one attached hydrogen (secondary N) is 1. The number of hydrogen-bond acceptors (Lipinski definition) is 5. The Kier molecular flexibility index (Phi) is 4.86. The van der Waals surface area contributed by atoms with E-state index in [1.54, 1.807) is 24.1 Å². The molecule has 2 rings (SSSR count). The van der Waals surface area contributed by atoms with Crippen LogP contribution in [0, 0.1) is 0 Å². The summed E-state index contributed by atoms with van der Waals surface area (Å²) in [6, 6.07) is 4.60. The standard InChI is InChI=1S/C12H15BrN4O3S/c1-20-5-4-17-8-10(7-15-17)16-21(18,19)12-3-2-9(13)6-11(12)14/h2-3,6-8,16H,4-5,14H2,1H3. The highest BCUT2D eigenvalue weighted by Crippen LogP contribution is 2.24. The van der Waals surface area contributed by atoms with Crippen molar-refractivity contribution in [2.75, 3.05) is 24.2 Å². The van der Waals surface area contributed by atoms with E-state index < -0.39 is 10.0 Å². The van der Waals surface area contributed by atoms with Gasteiger partial charge in [0.25, 0.3) is 10.0 Å². The first kappa shape index (κ1) is 15.8. The van der Waals surface area contributed by atoms with Crippen molar-refractivity contribution in [2.24, 2.45) is 0 Å². The van der Waals surface area contributed by atoms with E-state index in [0.29, 0.717) is 23.3 Å². The Hall–Kier alpha value is -1.58. The van der Waals surface area contributed by atoms with Gasteiger partial charge in [0.05, 0.1) is 30.7 Å². The molecule has 3 N–H and O–H groups in total. The van der Waals surface area contributed by atoms with Gasteiger partial charge in [0.15, 0.2) is 0 Å². The quantitative estimate of drug-likeness (QED) is 0.749. The Balaban J connectivity index is 2.19. The van der Waals surface area contributed by atoms with Gasteiger partial charge >= 0.3 is 0 Å². The number of hydrogen-bond donors (Lipinski definition) is 2. The van der Waals surface area contributed by atoms with Crippen LogP contribution < -0.4 is 10.5 Å². The molecule has 0 aliphatic carbocycles. The number of nitrogen functional groups attached to an aromatic ring is 1. The van der Waals surface area contributed by atoms with Crippen LogP contribution in [0.25, 0.3) is 0 Å². The van der Waals surface area contributed by atoms with Gasteiger partial charge in [0.1, 0.15) is 4.90 Å². The second-order valence-corrected chi connectivity index (χ2v) is 6.84. The Labute approximate surface area is 131 Å². The van der Waals surface area contributed by atoms with Gasteiger partial charge in [-0.15, -0.1) is 0 Å². The van der Waals surface area contributed by atoms with Gasteiger partial charge in [-0.05, 0) is 18.2 Å². The molecule has 0 atom stereocenters. The number of ether oxygens (including phenoxy) is 1. The second-order valence-electron chi connectivity index (χ2n) is 4.27. The number of aromatic nitrogens is 2. The number of rotatable bonds is 6. The van der Waals surface area contributed by atoms with Crippen LogP contribution in [0.5, 0.6) is 0 Å². The molecular weight excluding hydrogens is 360 g/mol. The van der Waals surface area contributed by atoms with Gasteiger partial charge in [0.2, 0.25) is 0 Å². The molecule has 0 radical (unpaired) electrons. The number of benzene rings is 1. The minimum Gasteiger partial charge on any atom is -0.398 e. The summed E-state index contributed by atoms with van der Waals surface area (Å²) in [5, 5.41) is 4.04. The van der Waals surface area contributed by atoms with E-state index in [-0.39, 0.29) is 10.6 Å². The number of halogens is 1. The third kappa shape index (κ3) is 3.96. The molecule has 114 valence electrons. The summed E-state index contributed by atoms with van der Waals surface area (Å²) in [7, 11) is -2.16. The molecular formula is C12H15BrN4O3S. The van der Waals surface area contributed by atoms with E-state index in [2.05, 4.69) is 25.8 Å². The summed E-state index contributed by atoms with van der Waals surface area (Å²) in [6.07, 6.45) is 3.02. The number of anilines is 2. The van der Waals surface area contributed by atoms with Crippen LogP contribution in [0.1, 0.15) is 0 Å². The monoisotopic (exact) mass is 374 g/mol. The maximum absolute atomic E-state index is 12.3. The van der Waals surface area contributed by atoms with Crippen molar-refractivity contribution in [3.8, 4) is 0 Å². The number of nitrogens with zero attached hydrogens (tertiary/aromatic N) is 2. The lowest BCUT2D eigenvalue weighted by Gasteiger charge is -2.08. The van der Waals surface area contributed by atoms with Gasteiger partial charge in [-0.3, -0.25) is 9.40 Å². The summed E-state index contributed by atoms with van der Waals surface area (Å²) in [6.45, 7) is 1.03. The average Bonchev–Trinajstić information content (AvgIpc) is 2.82. The van der Waals surface area contributed by atoms with E-state index in [9.17, 15) is 8.42 Å². The van der Waals surface area contributed by atoms with Gasteiger partial charge in [0, 0.05) is 17.8 Å². The maximum atomic E-state index is 12.3. The van der Waals surface area contributed by atoms with Crippen LogP contribution in [0.15, 0.2) is 40.0 Å². The van der Waals surface area contributed by atoms with Gasteiger partial charge in [-0.25, -0.2) is 8.42 Å². The molecule has 1 aromatic heterocycles. The topological polar surface area (TPSA) is 99.2 Å². The van der Waals surface area contributed by atoms with E-state index in [0.717, 1.165) is 0 Å². The van der Waals surface area contributed by atoms with Crippen molar-refractivity contribution < 1.29 is 13.2 Å². The normalized spacial score (nSPS) is 11.5. The van der Waals surface area contributed by atoms with Crippen LogP contribution in [0.3, 0.4) is 0 Å². The molecule has 0 saturated carbocycles. The lowest BCUT2D eigenvalue weighted by Crippen LogP contribution is -2.14. The Bertz CT molecular complexity index is 730. The van der Waals surface area contributed by atoms with Crippen LogP contribution in [0.2, 0.25) is 0 Å². The summed E-state index contributed by atoms with van der Waals surface area (Å²) in [5.41, 5.74) is 6.28. The van der Waals surface area contributed by atoms with Crippen LogP contribution in [-0.4, -0.2) is 31.9 Å². The third-order valence-electron chi connectivity index (χ3n) is 2.67. The van der Waals surface area contributed by atoms with Crippen molar-refractivity contribution in [2.45, 2.75) is 11.4 Å². The zero-order valence-corrected chi connectivity index (χ0v) is 13.7. The van der Waals surface area contributed by atoms with E-state index in [1.165, 1.54) is 18.3 Å². The van der Waals surface area contributed by atoms with Crippen LogP contribution in [-0.2, 0) is 21.3 Å². The minimum absolute atomic E-state index is 0.0235. The SMILES string of the molecule is COCCn1cc(NS(=O)(=O)c2ccc(Br)cc2N)cn1. The molecule has 0 aliphatic rings. The molecule has 0 unspecified atom stereocenters. The zero-order valence-electron chi connectivity index (χ0n) is 11.3. The number of nitrogens with two attached hydrogens (primary N) is 1. The smallest absolute Gasteiger partial charge is 0.264 e. The van der Waals surface area contributed by atoms with Crippen molar-refractivity contribution in [1.29, 1.82) is 0 Å². The summed E-state index contributed by atoms with van der Waals surface area (Å²) in [4.78, 5) is 0.0235. The molecule has 0 spiro atoms. The molecule has 1 aromatic carbocycles. The first-order valence-corrected chi connectivity index (χ1v) is 8.29. The largest absolute Gasteiger partial charge is 0.398 e. The highest BCUT2D eigenvalue weighted by Gasteiger charge is 2.18. The number of sulfonamides is 1. The summed E-state index contributed by atoms with van der Waals surface area (Å²) in [5.74, 6) is 0. The molecule has 7 nitrogen and oxygen atoms in total. The molecule has 2 aromatic rings. The lowest BCUT2D eigenvalue weighted by molar-refractivity contribution is 0.183. The van der Waals surface area contributed by atoms with Crippen LogP contribution in [0.4, 0.5) is 11.4 Å². The minimum atomic E-state index is -3.75. The molecule has 0 saturated heterocycles. The highest BCUT2D eigenvalue weighted by atomic mass is 79.9. The predicted molar refractivity (Wildman–Crippen MR) is 83.5 cm³/mol. The fourth-order valence-electron chi connectivity index (χ4n) is 1.70. The first-order valence-electron chi connectivity index (χ1n) is 6.01. The van der Waals surface area contributed by atoms with Gasteiger partial charge in [-0.1, -0.05) is 15.9 Å². The predicted octanol–water partition coefficient (Wildman–Crippen LogP) is 1.68. The lowest BCUT2D eigenvalue weighted by atomic mass is 10.3. The Morgan fingerprint density at radius 1 is 1.48 bits per heavy atom. The molecule has 0 aliphatic heterocycles. The molecule has 1 heterocycles. The van der Waals surface area contributed by atoms with Crippen LogP contribution >= 0.6 is 15.9 Å². The maximum Gasteiger partial charge on any atom is 0.264 e. The van der Waals surface area contributed by atoms with E-state index >= 15 is 0 Å². The summed E-state index contributed by atoms with van der Waals surface area (Å²) >= 11 is 3.24. The second kappa shape index (κ2) is 6.46. The Morgan fingerprint density at radius 3 is 2.90 bits per heavy atom. The van der Waals surface area contributed by atoms with Crippen molar-refractivity contribution in [1.82, 2.24) is 9.78 Å². The fraction of sp³-hybridized carbons (Fsp3) is 0.250. The molecule has 9 heteroatoms. The number of methoxy groups -OCH3 is 1.